The second-order valence-corrected chi connectivity index (χ2v) is 6.34. The lowest BCUT2D eigenvalue weighted by atomic mass is 10.2. The van der Waals surface area contributed by atoms with Crippen molar-refractivity contribution in [2.45, 2.75) is 6.92 Å². The van der Waals surface area contributed by atoms with Crippen molar-refractivity contribution in [3.63, 3.8) is 0 Å². The summed E-state index contributed by atoms with van der Waals surface area (Å²) >= 11 is 5.72. The van der Waals surface area contributed by atoms with E-state index in [9.17, 15) is 14.0 Å². The molecule has 3 aromatic rings. The summed E-state index contributed by atoms with van der Waals surface area (Å²) in [5, 5.41) is 2.59. The van der Waals surface area contributed by atoms with Crippen LogP contribution in [-0.2, 0) is 11.8 Å². The number of para-hydroxylation sites is 1. The van der Waals surface area contributed by atoms with E-state index in [1.807, 2.05) is 30.3 Å². The van der Waals surface area contributed by atoms with Gasteiger partial charge in [0.15, 0.2) is 0 Å². The minimum Gasteiger partial charge on any atom is -0.316 e. The minimum absolute atomic E-state index is 0.0257. The van der Waals surface area contributed by atoms with Gasteiger partial charge in [0.05, 0.1) is 16.4 Å². The van der Waals surface area contributed by atoms with Gasteiger partial charge >= 0.3 is 0 Å². The molecule has 138 valence electrons. The summed E-state index contributed by atoms with van der Waals surface area (Å²) in [5.41, 5.74) is 1.77. The topological polar surface area (TPSA) is 56.0 Å². The Balaban J connectivity index is 1.85. The Morgan fingerprint density at radius 2 is 1.89 bits per heavy atom. The van der Waals surface area contributed by atoms with Gasteiger partial charge in [0.2, 0.25) is 5.91 Å². The molecule has 0 saturated heterocycles. The van der Waals surface area contributed by atoms with Gasteiger partial charge in [0.1, 0.15) is 11.5 Å². The van der Waals surface area contributed by atoms with Crippen LogP contribution < -0.4 is 10.9 Å². The molecule has 0 fully saturated rings. The lowest BCUT2D eigenvalue weighted by molar-refractivity contribution is -0.111. The summed E-state index contributed by atoms with van der Waals surface area (Å²) in [6, 6.07) is 13.3. The van der Waals surface area contributed by atoms with Crippen LogP contribution in [0, 0.1) is 12.7 Å². The zero-order chi connectivity index (χ0) is 19.6. The lowest BCUT2D eigenvalue weighted by Gasteiger charge is -2.07. The largest absolute Gasteiger partial charge is 0.316 e. The van der Waals surface area contributed by atoms with Crippen molar-refractivity contribution in [3.8, 4) is 5.69 Å². The fraction of sp³-hybridized carbons (Fsp3) is 0.100. The van der Waals surface area contributed by atoms with E-state index in [1.165, 1.54) is 35.0 Å². The Morgan fingerprint density at radius 3 is 2.56 bits per heavy atom. The molecule has 3 rings (SSSR count). The predicted octanol–water partition coefficient (Wildman–Crippen LogP) is 3.93. The molecule has 7 heteroatoms. The fourth-order valence-electron chi connectivity index (χ4n) is 2.67. The number of carbonyl (C=O) groups is 1. The maximum atomic E-state index is 13.2. The highest BCUT2D eigenvalue weighted by Crippen LogP contribution is 2.17. The molecule has 0 aliphatic heterocycles. The number of amides is 1. The van der Waals surface area contributed by atoms with Gasteiger partial charge in [-0.15, -0.1) is 0 Å². The molecule has 0 unspecified atom stereocenters. The zero-order valence-corrected chi connectivity index (χ0v) is 15.5. The van der Waals surface area contributed by atoms with Crippen molar-refractivity contribution in [1.29, 1.82) is 0 Å². The Labute approximate surface area is 160 Å². The molecule has 1 heterocycles. The van der Waals surface area contributed by atoms with Gasteiger partial charge in [-0.3, -0.25) is 14.3 Å². The van der Waals surface area contributed by atoms with E-state index in [4.69, 9.17) is 11.6 Å². The van der Waals surface area contributed by atoms with E-state index >= 15 is 0 Å². The summed E-state index contributed by atoms with van der Waals surface area (Å²) in [6.07, 6.45) is 2.76. The van der Waals surface area contributed by atoms with Crippen molar-refractivity contribution in [3.05, 3.63) is 87.1 Å². The van der Waals surface area contributed by atoms with Crippen molar-refractivity contribution in [2.75, 3.05) is 5.32 Å². The standard InChI is InChI=1S/C20H17ClFN3O2/c1-13-19(20(27)25(24(13)2)15-6-4-3-5-7-15)23-18(26)11-9-14-8-10-17(22)16(21)12-14/h3-12H,1-2H3,(H,23,26)/b11-9+. The van der Waals surface area contributed by atoms with Crippen LogP contribution in [0.4, 0.5) is 10.1 Å². The summed E-state index contributed by atoms with van der Waals surface area (Å²) in [7, 11) is 1.75. The van der Waals surface area contributed by atoms with E-state index in [2.05, 4.69) is 5.32 Å². The first-order chi connectivity index (χ1) is 12.9. The Morgan fingerprint density at radius 1 is 1.19 bits per heavy atom. The van der Waals surface area contributed by atoms with Gasteiger partial charge in [0.25, 0.3) is 5.56 Å². The molecule has 27 heavy (non-hydrogen) atoms. The number of rotatable bonds is 4. The van der Waals surface area contributed by atoms with Crippen molar-refractivity contribution in [1.82, 2.24) is 9.36 Å². The second kappa shape index (κ2) is 7.63. The third-order valence-electron chi connectivity index (χ3n) is 4.17. The van der Waals surface area contributed by atoms with E-state index in [0.717, 1.165) is 0 Å². The summed E-state index contributed by atoms with van der Waals surface area (Å²) < 4.78 is 16.3. The molecule has 0 radical (unpaired) electrons. The fourth-order valence-corrected chi connectivity index (χ4v) is 2.85. The average Bonchev–Trinajstić information content (AvgIpc) is 2.87. The van der Waals surface area contributed by atoms with Gasteiger partial charge in [-0.05, 0) is 42.8 Å². The van der Waals surface area contributed by atoms with Crippen LogP contribution >= 0.6 is 11.6 Å². The molecule has 0 aliphatic carbocycles. The van der Waals surface area contributed by atoms with Crippen LogP contribution in [0.2, 0.25) is 5.02 Å². The summed E-state index contributed by atoms with van der Waals surface area (Å²) in [4.78, 5) is 25.0. The SMILES string of the molecule is Cc1c(NC(=O)/C=C/c2ccc(F)c(Cl)c2)c(=O)n(-c2ccccc2)n1C. The third-order valence-corrected chi connectivity index (χ3v) is 4.46. The van der Waals surface area contributed by atoms with Crippen molar-refractivity contribution in [2.24, 2.45) is 7.05 Å². The highest BCUT2D eigenvalue weighted by molar-refractivity contribution is 6.30. The molecule has 0 saturated carbocycles. The minimum atomic E-state index is -0.528. The van der Waals surface area contributed by atoms with Crippen LogP contribution in [0.1, 0.15) is 11.3 Å². The molecule has 0 atom stereocenters. The molecule has 1 aromatic heterocycles. The average molecular weight is 386 g/mol. The number of anilines is 1. The second-order valence-electron chi connectivity index (χ2n) is 5.93. The van der Waals surface area contributed by atoms with E-state index in [-0.39, 0.29) is 16.3 Å². The summed E-state index contributed by atoms with van der Waals surface area (Å²) in [6.45, 7) is 1.75. The molecule has 1 N–H and O–H groups in total. The number of aromatic nitrogens is 2. The quantitative estimate of drug-likeness (QED) is 0.692. The van der Waals surface area contributed by atoms with Gasteiger partial charge in [-0.1, -0.05) is 35.9 Å². The maximum Gasteiger partial charge on any atom is 0.295 e. The molecule has 0 spiro atoms. The first-order valence-corrected chi connectivity index (χ1v) is 8.54. The van der Waals surface area contributed by atoms with E-state index < -0.39 is 11.7 Å². The highest BCUT2D eigenvalue weighted by atomic mass is 35.5. The van der Waals surface area contributed by atoms with Crippen molar-refractivity contribution >= 4 is 29.3 Å². The van der Waals surface area contributed by atoms with Crippen LogP contribution in [-0.4, -0.2) is 15.3 Å². The summed E-state index contributed by atoms with van der Waals surface area (Å²) in [5.74, 6) is -0.999. The molecular formula is C20H17ClFN3O2. The predicted molar refractivity (Wildman–Crippen MR) is 105 cm³/mol. The molecule has 2 aromatic carbocycles. The monoisotopic (exact) mass is 385 g/mol. The van der Waals surface area contributed by atoms with Crippen LogP contribution in [0.15, 0.2) is 59.4 Å². The first-order valence-electron chi connectivity index (χ1n) is 8.16. The molecule has 5 nitrogen and oxygen atoms in total. The molecule has 0 aliphatic rings. The Hall–Kier alpha value is -3.12. The number of carbonyl (C=O) groups excluding carboxylic acids is 1. The number of hydrogen-bond acceptors (Lipinski definition) is 2. The van der Waals surface area contributed by atoms with Gasteiger partial charge in [-0.25, -0.2) is 9.07 Å². The van der Waals surface area contributed by atoms with E-state index in [1.54, 1.807) is 18.7 Å². The third kappa shape index (κ3) is 3.85. The normalized spacial score (nSPS) is 11.1. The van der Waals surface area contributed by atoms with Gasteiger partial charge in [0, 0.05) is 13.1 Å². The first kappa shape index (κ1) is 18.7. The number of nitrogens with zero attached hydrogens (tertiary/aromatic N) is 2. The van der Waals surface area contributed by atoms with E-state index in [0.29, 0.717) is 16.9 Å². The van der Waals surface area contributed by atoms with Gasteiger partial charge < -0.3 is 5.32 Å². The zero-order valence-electron chi connectivity index (χ0n) is 14.7. The molecular weight excluding hydrogens is 369 g/mol. The number of halogens is 2. The molecule has 1 amide bonds. The van der Waals surface area contributed by atoms with Crippen molar-refractivity contribution < 1.29 is 9.18 Å². The van der Waals surface area contributed by atoms with Crippen LogP contribution in [0.5, 0.6) is 0 Å². The Kier molecular flexibility index (Phi) is 5.28. The number of nitrogens with one attached hydrogen (secondary N) is 1. The smallest absolute Gasteiger partial charge is 0.295 e. The number of hydrogen-bond donors (Lipinski definition) is 1. The molecule has 0 bridgehead atoms. The highest BCUT2D eigenvalue weighted by Gasteiger charge is 2.17. The lowest BCUT2D eigenvalue weighted by Crippen LogP contribution is -2.22. The van der Waals surface area contributed by atoms with Crippen LogP contribution in [0.3, 0.4) is 0 Å². The Bertz CT molecular complexity index is 1080. The van der Waals surface area contributed by atoms with Gasteiger partial charge in [-0.2, -0.15) is 0 Å². The van der Waals surface area contributed by atoms with Crippen LogP contribution in [0.25, 0.3) is 11.8 Å². The maximum absolute atomic E-state index is 13.2. The number of benzene rings is 2.